The SMILES string of the molecule is CC(NC(=O)Cn1ccnn1)C(O)Cc1ccccc1. The molecule has 6 nitrogen and oxygen atoms in total. The standard InChI is InChI=1S/C14H18N4O2/c1-11(13(19)9-12-5-3-2-4-6-12)16-14(20)10-18-8-7-15-17-18/h2-8,11,13,19H,9-10H2,1H3,(H,16,20). The van der Waals surface area contributed by atoms with Gasteiger partial charge in [0.1, 0.15) is 6.54 Å². The molecule has 2 atom stereocenters. The molecule has 0 spiro atoms. The third kappa shape index (κ3) is 4.17. The Morgan fingerprint density at radius 1 is 1.40 bits per heavy atom. The molecule has 1 aromatic heterocycles. The summed E-state index contributed by atoms with van der Waals surface area (Å²) >= 11 is 0. The van der Waals surface area contributed by atoms with Crippen LogP contribution in [0.5, 0.6) is 0 Å². The van der Waals surface area contributed by atoms with Crippen molar-refractivity contribution >= 4 is 5.91 Å². The second-order valence-electron chi connectivity index (χ2n) is 4.71. The van der Waals surface area contributed by atoms with E-state index in [0.29, 0.717) is 6.42 Å². The second-order valence-corrected chi connectivity index (χ2v) is 4.71. The lowest BCUT2D eigenvalue weighted by molar-refractivity contribution is -0.123. The molecule has 6 heteroatoms. The zero-order chi connectivity index (χ0) is 14.4. The maximum absolute atomic E-state index is 11.8. The van der Waals surface area contributed by atoms with Crippen molar-refractivity contribution in [3.8, 4) is 0 Å². The molecule has 2 rings (SSSR count). The Bertz CT molecular complexity index is 527. The summed E-state index contributed by atoms with van der Waals surface area (Å²) in [7, 11) is 0. The summed E-state index contributed by atoms with van der Waals surface area (Å²) in [6.07, 6.45) is 3.01. The van der Waals surface area contributed by atoms with Gasteiger partial charge in [-0.2, -0.15) is 0 Å². The number of rotatable bonds is 6. The fourth-order valence-electron chi connectivity index (χ4n) is 1.89. The Balaban J connectivity index is 1.81. The van der Waals surface area contributed by atoms with Crippen LogP contribution in [0.25, 0.3) is 0 Å². The first-order valence-corrected chi connectivity index (χ1v) is 6.50. The number of nitrogens with one attached hydrogen (secondary N) is 1. The minimum atomic E-state index is -0.628. The summed E-state index contributed by atoms with van der Waals surface area (Å²) in [6.45, 7) is 1.88. The van der Waals surface area contributed by atoms with E-state index in [9.17, 15) is 9.90 Å². The molecule has 0 bridgehead atoms. The van der Waals surface area contributed by atoms with Gasteiger partial charge in [-0.3, -0.25) is 4.79 Å². The molecule has 0 saturated carbocycles. The molecule has 20 heavy (non-hydrogen) atoms. The summed E-state index contributed by atoms with van der Waals surface area (Å²) in [6, 6.07) is 9.36. The van der Waals surface area contributed by atoms with Gasteiger partial charge < -0.3 is 10.4 Å². The first-order valence-electron chi connectivity index (χ1n) is 6.50. The van der Waals surface area contributed by atoms with E-state index < -0.39 is 6.10 Å². The highest BCUT2D eigenvalue weighted by molar-refractivity contribution is 5.75. The van der Waals surface area contributed by atoms with Crippen LogP contribution in [0.2, 0.25) is 0 Å². The molecular weight excluding hydrogens is 256 g/mol. The molecule has 0 fully saturated rings. The van der Waals surface area contributed by atoms with Crippen molar-refractivity contribution in [1.29, 1.82) is 0 Å². The van der Waals surface area contributed by atoms with Crippen LogP contribution in [0, 0.1) is 0 Å². The number of aromatic nitrogens is 3. The lowest BCUT2D eigenvalue weighted by atomic mass is 10.0. The van der Waals surface area contributed by atoms with Crippen molar-refractivity contribution < 1.29 is 9.90 Å². The molecular formula is C14H18N4O2. The van der Waals surface area contributed by atoms with Crippen LogP contribution in [0.1, 0.15) is 12.5 Å². The summed E-state index contributed by atoms with van der Waals surface area (Å²) < 4.78 is 1.44. The number of carbonyl (C=O) groups is 1. The van der Waals surface area contributed by atoms with E-state index in [-0.39, 0.29) is 18.5 Å². The highest BCUT2D eigenvalue weighted by Crippen LogP contribution is 2.06. The molecule has 2 unspecified atom stereocenters. The van der Waals surface area contributed by atoms with Crippen LogP contribution >= 0.6 is 0 Å². The van der Waals surface area contributed by atoms with Gasteiger partial charge >= 0.3 is 0 Å². The van der Waals surface area contributed by atoms with Crippen LogP contribution < -0.4 is 5.32 Å². The van der Waals surface area contributed by atoms with E-state index in [0.717, 1.165) is 5.56 Å². The quantitative estimate of drug-likeness (QED) is 0.798. The van der Waals surface area contributed by atoms with Crippen molar-refractivity contribution in [3.05, 3.63) is 48.3 Å². The average Bonchev–Trinajstić information content (AvgIpc) is 2.92. The van der Waals surface area contributed by atoms with Crippen molar-refractivity contribution in [2.45, 2.75) is 32.0 Å². The summed E-state index contributed by atoms with van der Waals surface area (Å²) in [5.74, 6) is -0.199. The number of hydrogen-bond donors (Lipinski definition) is 2. The van der Waals surface area contributed by atoms with Crippen LogP contribution in [0.15, 0.2) is 42.7 Å². The monoisotopic (exact) mass is 274 g/mol. The second kappa shape index (κ2) is 6.81. The first-order chi connectivity index (χ1) is 9.65. The van der Waals surface area contributed by atoms with Gasteiger partial charge in [-0.05, 0) is 12.5 Å². The molecule has 1 amide bonds. The van der Waals surface area contributed by atoms with Crippen molar-refractivity contribution in [3.63, 3.8) is 0 Å². The topological polar surface area (TPSA) is 80.0 Å². The van der Waals surface area contributed by atoms with Gasteiger partial charge in [0.05, 0.1) is 18.3 Å². The van der Waals surface area contributed by atoms with Crippen LogP contribution in [0.3, 0.4) is 0 Å². The number of amides is 1. The molecule has 0 saturated heterocycles. The van der Waals surface area contributed by atoms with E-state index in [4.69, 9.17) is 0 Å². The zero-order valence-electron chi connectivity index (χ0n) is 11.3. The molecule has 1 aromatic carbocycles. The van der Waals surface area contributed by atoms with Gasteiger partial charge in [0.15, 0.2) is 0 Å². The minimum absolute atomic E-state index is 0.0996. The summed E-state index contributed by atoms with van der Waals surface area (Å²) in [4.78, 5) is 11.8. The summed E-state index contributed by atoms with van der Waals surface area (Å²) in [5.41, 5.74) is 1.04. The van der Waals surface area contributed by atoms with E-state index >= 15 is 0 Å². The number of carbonyl (C=O) groups excluding carboxylic acids is 1. The molecule has 2 aromatic rings. The van der Waals surface area contributed by atoms with Gasteiger partial charge in [0.25, 0.3) is 0 Å². The number of benzene rings is 1. The van der Waals surface area contributed by atoms with E-state index in [1.807, 2.05) is 30.3 Å². The highest BCUT2D eigenvalue weighted by Gasteiger charge is 2.17. The van der Waals surface area contributed by atoms with Crippen molar-refractivity contribution in [1.82, 2.24) is 20.3 Å². The van der Waals surface area contributed by atoms with Crippen LogP contribution in [-0.4, -0.2) is 38.2 Å². The Labute approximate surface area is 117 Å². The Morgan fingerprint density at radius 2 is 2.15 bits per heavy atom. The third-order valence-corrected chi connectivity index (χ3v) is 3.03. The number of hydrogen-bond acceptors (Lipinski definition) is 4. The van der Waals surface area contributed by atoms with Gasteiger partial charge in [0, 0.05) is 12.6 Å². The molecule has 106 valence electrons. The predicted molar refractivity (Wildman–Crippen MR) is 73.8 cm³/mol. The maximum Gasteiger partial charge on any atom is 0.242 e. The number of aliphatic hydroxyl groups excluding tert-OH is 1. The van der Waals surface area contributed by atoms with Crippen molar-refractivity contribution in [2.24, 2.45) is 0 Å². The Hall–Kier alpha value is -2.21. The van der Waals surface area contributed by atoms with E-state index in [1.165, 1.54) is 10.9 Å². The third-order valence-electron chi connectivity index (χ3n) is 3.03. The fraction of sp³-hybridized carbons (Fsp3) is 0.357. The Morgan fingerprint density at radius 3 is 2.80 bits per heavy atom. The largest absolute Gasteiger partial charge is 0.391 e. The van der Waals surface area contributed by atoms with Crippen LogP contribution in [0.4, 0.5) is 0 Å². The molecule has 0 radical (unpaired) electrons. The zero-order valence-corrected chi connectivity index (χ0v) is 11.3. The smallest absolute Gasteiger partial charge is 0.242 e. The van der Waals surface area contributed by atoms with E-state index in [1.54, 1.807) is 13.1 Å². The lowest BCUT2D eigenvalue weighted by Gasteiger charge is -2.20. The molecule has 0 aliphatic rings. The van der Waals surface area contributed by atoms with Crippen molar-refractivity contribution in [2.75, 3.05) is 0 Å². The predicted octanol–water partition coefficient (Wildman–Crippen LogP) is 0.386. The van der Waals surface area contributed by atoms with Gasteiger partial charge in [-0.1, -0.05) is 35.5 Å². The number of aliphatic hydroxyl groups is 1. The fourth-order valence-corrected chi connectivity index (χ4v) is 1.89. The van der Waals surface area contributed by atoms with Crippen LogP contribution in [-0.2, 0) is 17.8 Å². The normalized spacial score (nSPS) is 13.7. The molecule has 0 aliphatic carbocycles. The highest BCUT2D eigenvalue weighted by atomic mass is 16.3. The lowest BCUT2D eigenvalue weighted by Crippen LogP contribution is -2.43. The van der Waals surface area contributed by atoms with Gasteiger partial charge in [-0.25, -0.2) is 4.68 Å². The molecule has 1 heterocycles. The maximum atomic E-state index is 11.8. The van der Waals surface area contributed by atoms with E-state index in [2.05, 4.69) is 15.6 Å². The molecule has 0 aliphatic heterocycles. The average molecular weight is 274 g/mol. The van der Waals surface area contributed by atoms with Gasteiger partial charge in [-0.15, -0.1) is 5.10 Å². The Kier molecular flexibility index (Phi) is 4.84. The minimum Gasteiger partial charge on any atom is -0.391 e. The molecule has 2 N–H and O–H groups in total. The summed E-state index contributed by atoms with van der Waals surface area (Å²) in [5, 5.41) is 20.2. The van der Waals surface area contributed by atoms with Gasteiger partial charge in [0.2, 0.25) is 5.91 Å². The number of nitrogens with zero attached hydrogens (tertiary/aromatic N) is 3. The first kappa shape index (κ1) is 14.2.